The van der Waals surface area contributed by atoms with E-state index in [9.17, 15) is 0 Å². The van der Waals surface area contributed by atoms with Crippen LogP contribution < -0.4 is 62.0 Å². The Morgan fingerprint density at radius 1 is 0.245 bits per heavy atom. The zero-order valence-corrected chi connectivity index (χ0v) is 60.8. The first-order valence-electron chi connectivity index (χ1n) is 36.3. The Bertz CT molecular complexity index is 6460. The molecule has 0 saturated heterocycles. The van der Waals surface area contributed by atoms with Crippen molar-refractivity contribution in [1.29, 1.82) is 0 Å². The number of hydrogen-bond acceptors (Lipinski definition) is 6. The summed E-state index contributed by atoms with van der Waals surface area (Å²) in [5.41, 5.74) is 27.8. The molecule has 6 nitrogen and oxygen atoms in total. The van der Waals surface area contributed by atoms with Crippen molar-refractivity contribution in [2.75, 3.05) is 24.5 Å². The van der Waals surface area contributed by atoms with Crippen molar-refractivity contribution in [3.63, 3.8) is 0 Å². The molecule has 2 aromatic heterocycles. The Balaban J connectivity index is 0.865. The first-order chi connectivity index (χ1) is 52.6. The van der Waals surface area contributed by atoms with Crippen LogP contribution in [0.5, 0.6) is 11.5 Å². The summed E-state index contributed by atoms with van der Waals surface area (Å²) in [4.78, 5) is 12.6. The summed E-state index contributed by atoms with van der Waals surface area (Å²) < 4.78 is 13.6. The van der Waals surface area contributed by atoms with Crippen LogP contribution in [0, 0.1) is 0 Å². The molecule has 0 atom stereocenters. The number of nitrogens with zero attached hydrogens (tertiary/aromatic N) is 5. The minimum absolute atomic E-state index is 0.116. The molecule has 4 aliphatic rings. The SMILES string of the molecule is c1ccc(-c2cccc(-c3ccccc3)c2N2c3cc4c(cc3B3c5ccccc5N(c5ccc6c(c5)[se]c5ccccc56)c5cc(N(c6ccccc6)c6ccc7c(c6)[se]c6ccccc67)cc2c53)B2c3ccccc3N(c3ccccc3)c3cc(N(c5ccccc5)c5ccccc5)cc(c32)O4)cc1. The molecular weight excluding hydrogens is 1420 g/mol. The minimum Gasteiger partial charge on any atom is -0.311 e. The van der Waals surface area contributed by atoms with Crippen molar-refractivity contribution >= 4 is 199 Å². The number of para-hydroxylation sites is 7. The molecule has 16 aromatic carbocycles. The second-order valence-corrected chi connectivity index (χ2v) is 32.4. The van der Waals surface area contributed by atoms with E-state index in [0.717, 1.165) is 130 Å². The Kier molecular flexibility index (Phi) is 14.1. The quantitative estimate of drug-likeness (QED) is 0.120. The van der Waals surface area contributed by atoms with Crippen LogP contribution in [0.3, 0.4) is 0 Å². The molecule has 10 heteroatoms. The summed E-state index contributed by atoms with van der Waals surface area (Å²) in [5, 5.41) is 5.33. The molecule has 0 fully saturated rings. The molecule has 0 saturated carbocycles. The third-order valence-electron chi connectivity index (χ3n) is 22.0. The van der Waals surface area contributed by atoms with Gasteiger partial charge in [-0.2, -0.15) is 0 Å². The minimum atomic E-state index is -0.255. The molecule has 106 heavy (non-hydrogen) atoms. The van der Waals surface area contributed by atoms with Crippen LogP contribution in [0.2, 0.25) is 0 Å². The smallest absolute Gasteiger partial charge is 0.311 e. The van der Waals surface area contributed by atoms with Gasteiger partial charge in [-0.1, -0.05) is 109 Å². The van der Waals surface area contributed by atoms with Gasteiger partial charge < -0.3 is 9.80 Å². The van der Waals surface area contributed by atoms with Gasteiger partial charge in [-0.15, -0.1) is 0 Å². The molecule has 0 N–H and O–H groups in total. The van der Waals surface area contributed by atoms with Crippen molar-refractivity contribution in [3.8, 4) is 33.8 Å². The predicted molar refractivity (Wildman–Crippen MR) is 450 cm³/mol. The molecule has 0 aliphatic carbocycles. The maximum atomic E-state index is 8.01. The van der Waals surface area contributed by atoms with E-state index in [1.165, 1.54) is 60.4 Å². The fourth-order valence-electron chi connectivity index (χ4n) is 17.6. The molecule has 0 bridgehead atoms. The van der Waals surface area contributed by atoms with Gasteiger partial charge in [-0.3, -0.25) is 0 Å². The predicted octanol–water partition coefficient (Wildman–Crippen LogP) is 21.2. The van der Waals surface area contributed by atoms with Crippen molar-refractivity contribution < 1.29 is 4.74 Å². The maximum absolute atomic E-state index is 8.01. The Labute approximate surface area is 627 Å². The standard InChI is InChI=1S/C96H61B2N5OSe2/c1-7-28-62(29-8-1)72-42-27-43-73(63-30-9-2-10-31-63)96(72)103-84-61-88-81(98-79-45-22-23-46-82(79)101(67-38-17-6-18-39-67)87-56-71(57-89(104-88)95(87)98)99(64-32-11-3-12-33-64)65-34-13-4-14-35-65)60-80(84)97-78-44-21-24-47-83(78)102(69-51-53-77-75-41-20-26-49-91(75)106-93(77)59-69)85-54-70(55-86(103)94(85)97)100(66-36-15-5-16-37-66)68-50-52-76-74-40-19-25-48-90(74)105-92(76)58-68/h1-61H. The van der Waals surface area contributed by atoms with Gasteiger partial charge in [0.05, 0.1) is 5.69 Å². The number of ether oxygens (including phenoxy) is 1. The van der Waals surface area contributed by atoms with Crippen LogP contribution in [0.4, 0.5) is 85.3 Å². The van der Waals surface area contributed by atoms with Crippen LogP contribution in [-0.2, 0) is 0 Å². The van der Waals surface area contributed by atoms with Gasteiger partial charge in [0.1, 0.15) is 5.75 Å². The summed E-state index contributed by atoms with van der Waals surface area (Å²) >= 11 is 0.240. The van der Waals surface area contributed by atoms with Crippen molar-refractivity contribution in [3.05, 3.63) is 370 Å². The van der Waals surface area contributed by atoms with E-state index >= 15 is 0 Å². The summed E-state index contributed by atoms with van der Waals surface area (Å²) in [6.45, 7) is -0.484. The normalized spacial score (nSPS) is 12.9. The number of hydrogen-bond donors (Lipinski definition) is 0. The average molecular weight is 1480 g/mol. The van der Waals surface area contributed by atoms with Gasteiger partial charge >= 0.3 is 419 Å². The van der Waals surface area contributed by atoms with Gasteiger partial charge in [-0.05, 0) is 48.5 Å². The second-order valence-electron chi connectivity index (χ2n) is 27.8. The summed E-state index contributed by atoms with van der Waals surface area (Å²) in [7, 11) is 0. The number of fused-ring (bicyclic) bond motifs is 14. The molecule has 6 heterocycles. The first kappa shape index (κ1) is 61.0. The molecule has 494 valence electrons. The zero-order chi connectivity index (χ0) is 69.5. The average Bonchev–Trinajstić information content (AvgIpc) is 0.799. The van der Waals surface area contributed by atoms with E-state index in [-0.39, 0.29) is 42.4 Å². The third-order valence-corrected chi connectivity index (χ3v) is 26.7. The van der Waals surface area contributed by atoms with Gasteiger partial charge in [0.15, 0.2) is 0 Å². The summed E-state index contributed by atoms with van der Waals surface area (Å²) in [6.07, 6.45) is 0. The molecule has 0 amide bonds. The first-order valence-corrected chi connectivity index (χ1v) is 39.7. The number of benzene rings is 16. The second kappa shape index (κ2) is 24.6. The van der Waals surface area contributed by atoms with E-state index in [2.05, 4.69) is 395 Å². The third kappa shape index (κ3) is 9.59. The number of anilines is 15. The van der Waals surface area contributed by atoms with Gasteiger partial charge in [0.25, 0.3) is 0 Å². The zero-order valence-electron chi connectivity index (χ0n) is 57.3. The summed E-state index contributed by atoms with van der Waals surface area (Å²) in [5.74, 6) is 1.63. The van der Waals surface area contributed by atoms with Crippen LogP contribution in [0.15, 0.2) is 370 Å². The Morgan fingerprint density at radius 2 is 0.689 bits per heavy atom. The fourth-order valence-corrected chi connectivity index (χ4v) is 22.3. The molecule has 4 aliphatic heterocycles. The van der Waals surface area contributed by atoms with Crippen LogP contribution in [0.25, 0.3) is 60.8 Å². The molecule has 0 unspecified atom stereocenters. The van der Waals surface area contributed by atoms with E-state index in [1.54, 1.807) is 0 Å². The molecule has 0 radical (unpaired) electrons. The topological polar surface area (TPSA) is 25.4 Å². The van der Waals surface area contributed by atoms with E-state index in [4.69, 9.17) is 4.74 Å². The van der Waals surface area contributed by atoms with E-state index < -0.39 is 0 Å². The number of rotatable bonds is 11. The van der Waals surface area contributed by atoms with Crippen LogP contribution >= 0.6 is 0 Å². The fraction of sp³-hybridized carbons (Fsp3) is 0. The molecule has 0 spiro atoms. The van der Waals surface area contributed by atoms with Crippen molar-refractivity contribution in [2.24, 2.45) is 0 Å². The van der Waals surface area contributed by atoms with Gasteiger partial charge in [0.2, 0.25) is 0 Å². The van der Waals surface area contributed by atoms with Crippen molar-refractivity contribution in [1.82, 2.24) is 0 Å². The molecule has 18 aromatic rings. The Hall–Kier alpha value is -12.5. The summed E-state index contributed by atoms with van der Waals surface area (Å²) in [6, 6.07) is 138. The molecular formula is C96H61B2N5OSe2. The van der Waals surface area contributed by atoms with E-state index in [0.29, 0.717) is 0 Å². The van der Waals surface area contributed by atoms with Crippen LogP contribution in [0.1, 0.15) is 0 Å². The molecule has 22 rings (SSSR count). The van der Waals surface area contributed by atoms with Crippen molar-refractivity contribution in [2.45, 2.75) is 0 Å². The van der Waals surface area contributed by atoms with Crippen LogP contribution in [-0.4, -0.2) is 42.4 Å². The Morgan fingerprint density at radius 3 is 1.27 bits per heavy atom. The van der Waals surface area contributed by atoms with Gasteiger partial charge in [0, 0.05) is 34.5 Å². The van der Waals surface area contributed by atoms with Gasteiger partial charge in [-0.25, -0.2) is 0 Å². The monoisotopic (exact) mass is 1480 g/mol. The van der Waals surface area contributed by atoms with E-state index in [1.807, 2.05) is 0 Å².